The molecule has 7 nitrogen and oxygen atoms in total. The van der Waals surface area contributed by atoms with Gasteiger partial charge in [-0.2, -0.15) is 0 Å². The molecular formula is C24H26N4O3. The molecule has 0 radical (unpaired) electrons. The van der Waals surface area contributed by atoms with Crippen LogP contribution < -0.4 is 10.7 Å². The van der Waals surface area contributed by atoms with Gasteiger partial charge < -0.3 is 14.6 Å². The molecule has 1 fully saturated rings. The quantitative estimate of drug-likeness (QED) is 0.618. The van der Waals surface area contributed by atoms with E-state index in [9.17, 15) is 9.59 Å². The van der Waals surface area contributed by atoms with Gasteiger partial charge >= 0.3 is 0 Å². The Bertz CT molecular complexity index is 1140. The SMILES string of the molecule is O=Cc1cn(CCN2CCOCC2)c2ncc(NC3Cc4ccccc4C3)cc2c1=O. The Morgan fingerprint density at radius 1 is 1.13 bits per heavy atom. The Kier molecular flexibility index (Phi) is 5.53. The summed E-state index contributed by atoms with van der Waals surface area (Å²) in [6, 6.07) is 10.6. The molecule has 2 aliphatic rings. The highest BCUT2D eigenvalue weighted by atomic mass is 16.5. The molecular weight excluding hydrogens is 392 g/mol. The molecule has 0 unspecified atom stereocenters. The number of ether oxygens (including phenoxy) is 1. The van der Waals surface area contributed by atoms with Gasteiger partial charge in [0.1, 0.15) is 5.65 Å². The number of fused-ring (bicyclic) bond motifs is 2. The van der Waals surface area contributed by atoms with Crippen LogP contribution in [-0.4, -0.2) is 59.6 Å². The molecule has 0 bridgehead atoms. The molecule has 1 aliphatic carbocycles. The van der Waals surface area contributed by atoms with Crippen LogP contribution in [0.2, 0.25) is 0 Å². The molecule has 1 aliphatic heterocycles. The molecule has 5 rings (SSSR count). The van der Waals surface area contributed by atoms with Gasteiger partial charge in [0.2, 0.25) is 5.43 Å². The summed E-state index contributed by atoms with van der Waals surface area (Å²) in [5, 5.41) is 4.01. The van der Waals surface area contributed by atoms with Crippen LogP contribution in [0.1, 0.15) is 21.5 Å². The van der Waals surface area contributed by atoms with Gasteiger partial charge in [0.15, 0.2) is 6.29 Å². The van der Waals surface area contributed by atoms with E-state index < -0.39 is 0 Å². The first kappa shape index (κ1) is 19.9. The van der Waals surface area contributed by atoms with Crippen molar-refractivity contribution in [3.63, 3.8) is 0 Å². The minimum Gasteiger partial charge on any atom is -0.380 e. The predicted octanol–water partition coefficient (Wildman–Crippen LogP) is 2.12. The summed E-state index contributed by atoms with van der Waals surface area (Å²) in [4.78, 5) is 31.3. The van der Waals surface area contributed by atoms with Crippen LogP contribution in [-0.2, 0) is 24.1 Å². The van der Waals surface area contributed by atoms with Gasteiger partial charge in [-0.05, 0) is 30.0 Å². The van der Waals surface area contributed by atoms with Crippen molar-refractivity contribution in [2.24, 2.45) is 0 Å². The van der Waals surface area contributed by atoms with Gasteiger partial charge in [-0.25, -0.2) is 4.98 Å². The van der Waals surface area contributed by atoms with E-state index in [1.165, 1.54) is 11.1 Å². The largest absolute Gasteiger partial charge is 0.380 e. The topological polar surface area (TPSA) is 76.5 Å². The molecule has 160 valence electrons. The third kappa shape index (κ3) is 4.11. The second-order valence-electron chi connectivity index (χ2n) is 8.29. The van der Waals surface area contributed by atoms with Crippen LogP contribution in [0, 0.1) is 0 Å². The van der Waals surface area contributed by atoms with Crippen molar-refractivity contribution in [2.75, 3.05) is 38.2 Å². The smallest absolute Gasteiger partial charge is 0.201 e. The van der Waals surface area contributed by atoms with E-state index in [2.05, 4.69) is 39.5 Å². The summed E-state index contributed by atoms with van der Waals surface area (Å²) in [6.07, 6.45) is 5.96. The lowest BCUT2D eigenvalue weighted by atomic mass is 10.1. The number of morpholine rings is 1. The van der Waals surface area contributed by atoms with Crippen LogP contribution in [0.4, 0.5) is 5.69 Å². The van der Waals surface area contributed by atoms with Crippen molar-refractivity contribution in [1.82, 2.24) is 14.5 Å². The normalized spacial score (nSPS) is 17.0. The van der Waals surface area contributed by atoms with Crippen LogP contribution in [0.3, 0.4) is 0 Å². The van der Waals surface area contributed by atoms with Crippen LogP contribution >= 0.6 is 0 Å². The van der Waals surface area contributed by atoms with Crippen molar-refractivity contribution < 1.29 is 9.53 Å². The Morgan fingerprint density at radius 2 is 1.87 bits per heavy atom. The molecule has 0 saturated carbocycles. The van der Waals surface area contributed by atoms with Crippen molar-refractivity contribution >= 4 is 23.0 Å². The Labute approximate surface area is 180 Å². The number of benzene rings is 1. The molecule has 3 aromatic rings. The van der Waals surface area contributed by atoms with Crippen LogP contribution in [0.15, 0.2) is 47.5 Å². The van der Waals surface area contributed by atoms with Gasteiger partial charge in [-0.15, -0.1) is 0 Å². The Balaban J connectivity index is 1.40. The summed E-state index contributed by atoms with van der Waals surface area (Å²) in [5.41, 5.74) is 4.05. The van der Waals surface area contributed by atoms with E-state index >= 15 is 0 Å². The number of nitrogens with zero attached hydrogens (tertiary/aromatic N) is 3. The number of carbonyl (C=O) groups is 1. The maximum Gasteiger partial charge on any atom is 0.201 e. The molecule has 1 aromatic carbocycles. The number of aldehydes is 1. The van der Waals surface area contributed by atoms with Gasteiger partial charge in [-0.1, -0.05) is 24.3 Å². The third-order valence-electron chi connectivity index (χ3n) is 6.25. The first-order valence-corrected chi connectivity index (χ1v) is 10.8. The second-order valence-corrected chi connectivity index (χ2v) is 8.29. The number of nitrogens with one attached hydrogen (secondary N) is 1. The van der Waals surface area contributed by atoms with Crippen molar-refractivity contribution in [2.45, 2.75) is 25.4 Å². The minimum absolute atomic E-state index is 0.168. The molecule has 1 N–H and O–H groups in total. The average Bonchev–Trinajstić information content (AvgIpc) is 3.22. The number of hydrogen-bond acceptors (Lipinski definition) is 6. The highest BCUT2D eigenvalue weighted by molar-refractivity contribution is 5.85. The zero-order valence-corrected chi connectivity index (χ0v) is 17.4. The maximum absolute atomic E-state index is 12.8. The van der Waals surface area contributed by atoms with E-state index in [0.717, 1.165) is 51.4 Å². The lowest BCUT2D eigenvalue weighted by molar-refractivity contribution is 0.0365. The minimum atomic E-state index is -0.265. The third-order valence-corrected chi connectivity index (χ3v) is 6.25. The zero-order valence-electron chi connectivity index (χ0n) is 17.4. The molecule has 7 heteroatoms. The van der Waals surface area contributed by atoms with Gasteiger partial charge in [0, 0.05) is 38.4 Å². The van der Waals surface area contributed by atoms with Crippen LogP contribution in [0.25, 0.3) is 11.0 Å². The summed E-state index contributed by atoms with van der Waals surface area (Å²) in [7, 11) is 0. The maximum atomic E-state index is 12.8. The first-order valence-electron chi connectivity index (χ1n) is 10.8. The monoisotopic (exact) mass is 418 g/mol. The summed E-state index contributed by atoms with van der Waals surface area (Å²) < 4.78 is 7.33. The molecule has 0 amide bonds. The molecule has 2 aromatic heterocycles. The fourth-order valence-electron chi connectivity index (χ4n) is 4.60. The zero-order chi connectivity index (χ0) is 21.2. The number of anilines is 1. The van der Waals surface area contributed by atoms with E-state index in [4.69, 9.17) is 4.74 Å². The number of aromatic nitrogens is 2. The van der Waals surface area contributed by atoms with Crippen molar-refractivity contribution in [3.8, 4) is 0 Å². The van der Waals surface area contributed by atoms with E-state index in [-0.39, 0.29) is 17.0 Å². The van der Waals surface area contributed by atoms with Crippen molar-refractivity contribution in [1.29, 1.82) is 0 Å². The Morgan fingerprint density at radius 3 is 2.58 bits per heavy atom. The summed E-state index contributed by atoms with van der Waals surface area (Å²) in [5.74, 6) is 0. The molecule has 1 saturated heterocycles. The van der Waals surface area contributed by atoms with E-state index in [0.29, 0.717) is 23.9 Å². The predicted molar refractivity (Wildman–Crippen MR) is 120 cm³/mol. The van der Waals surface area contributed by atoms with Crippen LogP contribution in [0.5, 0.6) is 0 Å². The summed E-state index contributed by atoms with van der Waals surface area (Å²) >= 11 is 0. The lowest BCUT2D eigenvalue weighted by Crippen LogP contribution is -2.38. The molecule has 3 heterocycles. The fourth-order valence-corrected chi connectivity index (χ4v) is 4.60. The van der Waals surface area contributed by atoms with E-state index in [1.54, 1.807) is 12.4 Å². The van der Waals surface area contributed by atoms with Gasteiger partial charge in [-0.3, -0.25) is 14.5 Å². The molecule has 0 atom stereocenters. The number of carbonyl (C=O) groups excluding carboxylic acids is 1. The van der Waals surface area contributed by atoms with Gasteiger partial charge in [0.25, 0.3) is 0 Å². The summed E-state index contributed by atoms with van der Waals surface area (Å²) in [6.45, 7) is 4.75. The number of pyridine rings is 2. The standard InChI is InChI=1S/C24H26N4O3/c29-16-19-15-28(6-5-27-7-9-31-10-8-27)24-22(23(19)30)13-21(14-25-24)26-20-11-17-3-1-2-4-18(17)12-20/h1-4,13-16,20,26H,5-12H2. The first-order chi connectivity index (χ1) is 15.2. The highest BCUT2D eigenvalue weighted by Gasteiger charge is 2.21. The lowest BCUT2D eigenvalue weighted by Gasteiger charge is -2.27. The molecule has 31 heavy (non-hydrogen) atoms. The number of rotatable bonds is 6. The second kappa shape index (κ2) is 8.61. The number of hydrogen-bond donors (Lipinski definition) is 1. The van der Waals surface area contributed by atoms with E-state index in [1.807, 2.05) is 10.6 Å². The Hall–Kier alpha value is -3.03. The average molecular weight is 418 g/mol. The highest BCUT2D eigenvalue weighted by Crippen LogP contribution is 2.25. The van der Waals surface area contributed by atoms with Gasteiger partial charge in [0.05, 0.1) is 36.0 Å². The fraction of sp³-hybridized carbons (Fsp3) is 0.375. The molecule has 0 spiro atoms. The van der Waals surface area contributed by atoms with Crippen molar-refractivity contribution in [3.05, 3.63) is 69.6 Å².